The molecule has 3 aliphatic carbocycles. The van der Waals surface area contributed by atoms with E-state index in [1.165, 1.54) is 129 Å². The van der Waals surface area contributed by atoms with E-state index in [2.05, 4.69) is 155 Å². The molecule has 1 aliphatic heterocycles. The van der Waals surface area contributed by atoms with Crippen LogP contribution in [-0.4, -0.2) is 175 Å². The number of imidazole rings is 6. The number of fused-ring (bicyclic) bond motifs is 15. The minimum Gasteiger partial charge on any atom is -0.351 e. The molecule has 0 aromatic carbocycles. The van der Waals surface area contributed by atoms with Gasteiger partial charge in [-0.05, 0) is 221 Å². The molecule has 36 nitrogen and oxygen atoms in total. The monoisotopic (exact) mass is 1760 g/mol. The Bertz CT molecular complexity index is 6060. The highest BCUT2D eigenvalue weighted by Gasteiger charge is 2.12. The summed E-state index contributed by atoms with van der Waals surface area (Å²) >= 11 is 0. The number of H-pyrrole nitrogens is 3. The number of hydrogen-bond acceptors (Lipinski definition) is 22. The minimum absolute atomic E-state index is 0.887. The molecule has 662 valence electrons. The second-order valence-electron chi connectivity index (χ2n) is 29.5. The van der Waals surface area contributed by atoms with Crippen molar-refractivity contribution in [3.05, 3.63) is 439 Å². The maximum absolute atomic E-state index is 4.26. The van der Waals surface area contributed by atoms with Gasteiger partial charge in [-0.1, -0.05) is 30.3 Å². The molecule has 0 radical (unpaired) electrons. The molecule has 0 atom stereocenters. The quantitative estimate of drug-likeness (QED) is 0.127. The minimum atomic E-state index is 0.887. The number of nitrogens with zero attached hydrogens (tertiary/aromatic N) is 33. The molecule has 27 heterocycles. The smallest absolute Gasteiger partial charge is 0.160 e. The summed E-state index contributed by atoms with van der Waals surface area (Å²) in [5.41, 5.74) is 21.5. The van der Waals surface area contributed by atoms with Crippen molar-refractivity contribution in [1.29, 1.82) is 0 Å². The van der Waals surface area contributed by atoms with Crippen LogP contribution < -0.4 is 0 Å². The first-order chi connectivity index (χ1) is 66.0. The predicted molar refractivity (Wildman–Crippen MR) is 505 cm³/mol. The van der Waals surface area contributed by atoms with Crippen LogP contribution >= 0.6 is 0 Å². The second-order valence-corrected chi connectivity index (χ2v) is 29.5. The Balaban J connectivity index is 0.000000104. The largest absolute Gasteiger partial charge is 0.351 e. The van der Waals surface area contributed by atoms with Crippen LogP contribution in [0.15, 0.2) is 400 Å². The fraction of sp³-hybridized carbons (Fsp3) is 0.134. The summed E-state index contributed by atoms with van der Waals surface area (Å²) in [6.45, 7) is 1.24. The van der Waals surface area contributed by atoms with Crippen molar-refractivity contribution >= 4 is 67.1 Å². The maximum atomic E-state index is 4.26. The molecule has 0 saturated carbocycles. The lowest BCUT2D eigenvalue weighted by Crippen LogP contribution is -1.99. The van der Waals surface area contributed by atoms with Crippen LogP contribution in [0, 0.1) is 0 Å². The number of pyridine rings is 6. The van der Waals surface area contributed by atoms with E-state index in [1.807, 2.05) is 276 Å². The molecule has 0 amide bonds. The lowest BCUT2D eigenvalue weighted by atomic mass is 9.99. The highest BCUT2D eigenvalue weighted by atomic mass is 15.3. The Morgan fingerprint density at radius 2 is 0.812 bits per heavy atom. The first-order valence-electron chi connectivity index (χ1n) is 43.1. The molecular formula is C97H94N36. The lowest BCUT2D eigenvalue weighted by Gasteiger charge is -2.07. The summed E-state index contributed by atoms with van der Waals surface area (Å²) in [4.78, 5) is 54.9. The van der Waals surface area contributed by atoms with Crippen molar-refractivity contribution in [2.24, 2.45) is 0 Å². The molecule has 4 aliphatic rings. The van der Waals surface area contributed by atoms with E-state index in [0.29, 0.717) is 0 Å². The van der Waals surface area contributed by atoms with Crippen LogP contribution in [0.2, 0.25) is 0 Å². The Kier molecular flexibility index (Phi) is 31.5. The summed E-state index contributed by atoms with van der Waals surface area (Å²) in [5.74, 6) is 0. The summed E-state index contributed by atoms with van der Waals surface area (Å²) in [6.07, 6.45) is 83.8. The molecule has 0 spiro atoms. The fourth-order valence-electron chi connectivity index (χ4n) is 14.1. The summed E-state index contributed by atoms with van der Waals surface area (Å²) in [6, 6.07) is 53.2. The van der Waals surface area contributed by atoms with Gasteiger partial charge in [-0.25, -0.2) is 67.4 Å². The van der Waals surface area contributed by atoms with Gasteiger partial charge in [-0.3, -0.25) is 38.9 Å². The SMILES string of the molecule is c1cc2n(c1)CCC2.c1cc2nc[nH]c2cn1.c1cc2nccn2cn1.c1ccn2cncc2c1.c1ccn2cnnc2c1.c1ccn2nccc2c1.c1ccn2ncnc2c1.c1cn2ccnc2cn1.c1cn2ccnc2cn1.c1cnc2c(c1)CCC2.c1cnc2ccnn2c1.c1cnn2cccc2c1.c1cnn2ccnc2c1.c1n[nH]c2c1CCC2.c1n[nH]c2c1CCCC2. The normalized spacial score (nSPS) is 11.8. The van der Waals surface area contributed by atoms with Crippen molar-refractivity contribution in [1.82, 2.24) is 175 Å². The van der Waals surface area contributed by atoms with E-state index in [4.69, 9.17) is 0 Å². The molecule has 0 unspecified atom stereocenters. The zero-order valence-corrected chi connectivity index (χ0v) is 72.5. The van der Waals surface area contributed by atoms with Gasteiger partial charge in [-0.15, -0.1) is 10.2 Å². The molecule has 0 saturated heterocycles. The van der Waals surface area contributed by atoms with E-state index in [9.17, 15) is 0 Å². The van der Waals surface area contributed by atoms with Crippen LogP contribution in [0.25, 0.3) is 67.1 Å². The Morgan fingerprint density at radius 1 is 0.271 bits per heavy atom. The van der Waals surface area contributed by atoms with E-state index >= 15 is 0 Å². The van der Waals surface area contributed by atoms with Gasteiger partial charge in [0.15, 0.2) is 33.9 Å². The van der Waals surface area contributed by atoms with Gasteiger partial charge in [0.25, 0.3) is 0 Å². The molecule has 26 aromatic heterocycles. The number of aromatic nitrogens is 36. The molecular weight excluding hydrogens is 1670 g/mol. The highest BCUT2D eigenvalue weighted by Crippen LogP contribution is 2.20. The summed E-state index contributed by atoms with van der Waals surface area (Å²) < 4.78 is 20.7. The predicted octanol–water partition coefficient (Wildman–Crippen LogP) is 15.3. The molecule has 30 rings (SSSR count). The van der Waals surface area contributed by atoms with E-state index in [-0.39, 0.29) is 0 Å². The highest BCUT2D eigenvalue weighted by molar-refractivity contribution is 5.72. The third-order valence-electron chi connectivity index (χ3n) is 20.7. The van der Waals surface area contributed by atoms with Gasteiger partial charge in [0.2, 0.25) is 0 Å². The Hall–Kier alpha value is -18.1. The van der Waals surface area contributed by atoms with Crippen LogP contribution in [0.1, 0.15) is 71.6 Å². The Labute approximate surface area is 761 Å². The van der Waals surface area contributed by atoms with Gasteiger partial charge in [-0.2, -0.15) is 35.7 Å². The molecule has 0 fully saturated rings. The number of hydrogen-bond donors (Lipinski definition) is 3. The van der Waals surface area contributed by atoms with Crippen LogP contribution in [0.4, 0.5) is 0 Å². The van der Waals surface area contributed by atoms with Crippen molar-refractivity contribution in [2.75, 3.05) is 0 Å². The number of rotatable bonds is 0. The van der Waals surface area contributed by atoms with Crippen LogP contribution in [0.5, 0.6) is 0 Å². The van der Waals surface area contributed by atoms with Crippen molar-refractivity contribution in [2.45, 2.75) is 83.6 Å². The topological polar surface area (TPSA) is 380 Å². The summed E-state index contributed by atoms with van der Waals surface area (Å²) in [5, 5.41) is 41.4. The van der Waals surface area contributed by atoms with Gasteiger partial charge in [0.1, 0.15) is 24.6 Å². The number of nitrogens with one attached hydrogen (secondary N) is 3. The zero-order chi connectivity index (χ0) is 90.2. The molecule has 36 heteroatoms. The van der Waals surface area contributed by atoms with Crippen LogP contribution in [0.3, 0.4) is 0 Å². The van der Waals surface area contributed by atoms with Crippen molar-refractivity contribution in [3.63, 3.8) is 0 Å². The molecule has 0 bridgehead atoms. The maximum Gasteiger partial charge on any atom is 0.160 e. The van der Waals surface area contributed by atoms with E-state index < -0.39 is 0 Å². The zero-order valence-electron chi connectivity index (χ0n) is 72.5. The molecule has 133 heavy (non-hydrogen) atoms. The van der Waals surface area contributed by atoms with Gasteiger partial charge in [0.05, 0.1) is 83.6 Å². The first-order valence-corrected chi connectivity index (χ1v) is 43.1. The molecule has 3 N–H and O–H groups in total. The van der Waals surface area contributed by atoms with Crippen molar-refractivity contribution in [3.8, 4) is 0 Å². The third-order valence-corrected chi connectivity index (χ3v) is 20.7. The van der Waals surface area contributed by atoms with E-state index in [1.54, 1.807) is 138 Å². The van der Waals surface area contributed by atoms with Gasteiger partial charge < -0.3 is 22.8 Å². The molecule has 26 aromatic rings. The Morgan fingerprint density at radius 3 is 1.56 bits per heavy atom. The van der Waals surface area contributed by atoms with Gasteiger partial charge >= 0.3 is 0 Å². The third kappa shape index (κ3) is 25.8. The van der Waals surface area contributed by atoms with Gasteiger partial charge in [0, 0.05) is 197 Å². The van der Waals surface area contributed by atoms with Crippen molar-refractivity contribution < 1.29 is 0 Å². The standard InChI is InChI=1S/C8H9N.3C7H6N2.C7H10N2.C7H9N.8C6H5N3.C6H8N2/c1-3-7-4-2-6-9-8(7)5-1;1-3-7-4-2-6-9(7)8-5-1;1-2-6-9-7(3-1)4-5-8-9;1-2-4-9-6-8-5-7(9)3-1;1-2-4-7-6(3-1)5-8-9-7;1-3-7-4-2-6-8(7)5-1;2*1-3-9-4-2-8-6(9)5-7-1;1-3-7-6-2-4-8-9(6)5-1;1-2-7-3-6-5(1)8-4-9-6;1-2-7-5-9-4-3-8-6(1)9;1-2-6-7-4-5-9(6)8-3-1;1-2-4-9-5-7-8-6(9)3-1;1-2-4-9-6(3-1)7-5-8-9;1-2-5-4-7-8-6(5)3-1/h2,4,6H,1,3,5H2;3*1-6H;5H,1-4H2,(H,8,9);1,3,5H,2,4,6H2;3*1-5H;1-4H,(H,8,9);4*1-5H;4H,1-3H2,(H,7,8). The lowest BCUT2D eigenvalue weighted by molar-refractivity contribution is 0.675. The number of aromatic amines is 3. The second kappa shape index (κ2) is 47.4. The van der Waals surface area contributed by atoms with Crippen LogP contribution in [-0.2, 0) is 51.5 Å². The fourth-order valence-corrected chi connectivity index (χ4v) is 14.1. The van der Waals surface area contributed by atoms with E-state index in [0.717, 1.165) is 67.1 Å². The average molecular weight is 1760 g/mol. The first kappa shape index (κ1) is 88.3. The summed E-state index contributed by atoms with van der Waals surface area (Å²) in [7, 11) is 0. The average Bonchev–Trinajstić information content (AvgIpc) is 1.72. The number of aryl methyl sites for hydroxylation is 8.